The van der Waals surface area contributed by atoms with Crippen LogP contribution in [0.4, 0.5) is 4.39 Å². The summed E-state index contributed by atoms with van der Waals surface area (Å²) in [7, 11) is 0. The number of carbonyl (C=O) groups excluding carboxylic acids is 1. The van der Waals surface area contributed by atoms with Gasteiger partial charge >= 0.3 is 0 Å². The topological polar surface area (TPSA) is 72.3 Å². The molecule has 0 atom stereocenters. The summed E-state index contributed by atoms with van der Waals surface area (Å²) >= 11 is 3.33. The highest BCUT2D eigenvalue weighted by molar-refractivity contribution is 14.1. The molecule has 0 saturated heterocycles. The highest BCUT2D eigenvalue weighted by Crippen LogP contribution is 2.27. The first kappa shape index (κ1) is 18.3. The maximum Gasteiger partial charge on any atom is 0.207 e. The van der Waals surface area contributed by atoms with E-state index in [1.165, 1.54) is 17.6 Å². The monoisotopic (exact) mass is 472 g/mol. The molecular formula is C17H14FIN2O3S. The predicted molar refractivity (Wildman–Crippen MR) is 102 cm³/mol. The van der Waals surface area contributed by atoms with Gasteiger partial charge in [-0.05, 0) is 57.4 Å². The van der Waals surface area contributed by atoms with Crippen LogP contribution in [-0.4, -0.2) is 40.1 Å². The zero-order valence-corrected chi connectivity index (χ0v) is 16.0. The molecule has 0 fully saturated rings. The van der Waals surface area contributed by atoms with E-state index in [2.05, 4.69) is 31.9 Å². The van der Waals surface area contributed by atoms with E-state index in [1.54, 1.807) is 18.5 Å². The molecule has 0 saturated carbocycles. The number of ether oxygens (including phenoxy) is 1. The molecule has 3 aromatic rings. The minimum Gasteiger partial charge on any atom is -0.394 e. The van der Waals surface area contributed by atoms with Crippen LogP contribution in [0.25, 0.3) is 10.1 Å². The molecule has 0 bridgehead atoms. The van der Waals surface area contributed by atoms with Gasteiger partial charge in [0.15, 0.2) is 0 Å². The first-order valence-corrected chi connectivity index (χ1v) is 9.33. The third-order valence-electron chi connectivity index (χ3n) is 3.64. The fourth-order valence-electron chi connectivity index (χ4n) is 2.47. The van der Waals surface area contributed by atoms with Crippen LogP contribution >= 0.6 is 34.1 Å². The van der Waals surface area contributed by atoms with Crippen LogP contribution in [0.5, 0.6) is 0 Å². The number of benzene rings is 1. The number of hydrogen-bond acceptors (Lipinski definition) is 6. The summed E-state index contributed by atoms with van der Waals surface area (Å²) < 4.78 is 25.2. The lowest BCUT2D eigenvalue weighted by Crippen LogP contribution is -2.15. The van der Waals surface area contributed by atoms with Crippen molar-refractivity contribution in [3.63, 3.8) is 0 Å². The Morgan fingerprint density at radius 3 is 2.96 bits per heavy atom. The number of rotatable bonds is 7. The van der Waals surface area contributed by atoms with E-state index in [-0.39, 0.29) is 43.5 Å². The molecule has 2 heterocycles. The molecule has 0 aliphatic carbocycles. The van der Waals surface area contributed by atoms with E-state index >= 15 is 0 Å². The summed E-state index contributed by atoms with van der Waals surface area (Å²) in [5.41, 5.74) is 1.39. The van der Waals surface area contributed by atoms with Crippen LogP contribution in [0, 0.1) is 9.39 Å². The number of Topliss-reactive ketones (excluding diaryl/α,β-unsaturated/α-hetero) is 1. The Labute approximate surface area is 161 Å². The minimum absolute atomic E-state index is 0.0784. The fraction of sp³-hybridized carbons (Fsp3) is 0.235. The Morgan fingerprint density at radius 2 is 2.20 bits per heavy atom. The van der Waals surface area contributed by atoms with Gasteiger partial charge in [0.25, 0.3) is 0 Å². The zero-order valence-electron chi connectivity index (χ0n) is 13.0. The van der Waals surface area contributed by atoms with Gasteiger partial charge in [-0.3, -0.25) is 9.78 Å². The summed E-state index contributed by atoms with van der Waals surface area (Å²) in [5.74, 6) is -0.621. The minimum atomic E-state index is -0.318. The first-order chi connectivity index (χ1) is 12.1. The quantitative estimate of drug-likeness (QED) is 0.325. The van der Waals surface area contributed by atoms with Gasteiger partial charge in [0.1, 0.15) is 18.1 Å². The highest BCUT2D eigenvalue weighted by atomic mass is 127. The van der Waals surface area contributed by atoms with Crippen molar-refractivity contribution in [1.29, 1.82) is 0 Å². The third-order valence-corrected chi connectivity index (χ3v) is 5.04. The van der Waals surface area contributed by atoms with Gasteiger partial charge < -0.3 is 9.84 Å². The SMILES string of the molecule is O=C(COCCO)c1ncc2sncc2c1Cc1ccc(I)cc1F. The van der Waals surface area contributed by atoms with Crippen molar-refractivity contribution in [3.8, 4) is 0 Å². The molecule has 25 heavy (non-hydrogen) atoms. The molecule has 0 aliphatic rings. The molecule has 5 nitrogen and oxygen atoms in total. The van der Waals surface area contributed by atoms with Crippen molar-refractivity contribution in [2.45, 2.75) is 6.42 Å². The predicted octanol–water partition coefficient (Wildman–Crippen LogP) is 3.22. The highest BCUT2D eigenvalue weighted by Gasteiger charge is 2.19. The van der Waals surface area contributed by atoms with E-state index < -0.39 is 0 Å². The van der Waals surface area contributed by atoms with Crippen LogP contribution in [0.2, 0.25) is 0 Å². The smallest absolute Gasteiger partial charge is 0.207 e. The van der Waals surface area contributed by atoms with Crippen molar-refractivity contribution in [2.75, 3.05) is 19.8 Å². The number of nitrogens with zero attached hydrogens (tertiary/aromatic N) is 2. The van der Waals surface area contributed by atoms with Gasteiger partial charge in [-0.1, -0.05) is 6.07 Å². The number of ketones is 1. The summed E-state index contributed by atoms with van der Waals surface area (Å²) in [6.07, 6.45) is 3.51. The van der Waals surface area contributed by atoms with Gasteiger partial charge in [-0.2, -0.15) is 4.37 Å². The van der Waals surface area contributed by atoms with Crippen molar-refractivity contribution < 1.29 is 19.0 Å². The van der Waals surface area contributed by atoms with Crippen LogP contribution in [0.3, 0.4) is 0 Å². The van der Waals surface area contributed by atoms with E-state index in [0.717, 1.165) is 13.7 Å². The number of aromatic nitrogens is 2. The normalized spacial score (nSPS) is 11.2. The summed E-state index contributed by atoms with van der Waals surface area (Å²) in [5, 5.41) is 9.56. The average Bonchev–Trinajstić information content (AvgIpc) is 3.06. The van der Waals surface area contributed by atoms with Crippen LogP contribution < -0.4 is 0 Å². The number of hydrogen-bond donors (Lipinski definition) is 1. The maximum atomic E-state index is 14.3. The van der Waals surface area contributed by atoms with Crippen molar-refractivity contribution in [2.24, 2.45) is 0 Å². The Balaban J connectivity index is 2.00. The number of fused-ring (bicyclic) bond motifs is 1. The number of carbonyl (C=O) groups is 1. The molecule has 0 unspecified atom stereocenters. The fourth-order valence-corrected chi connectivity index (χ4v) is 3.57. The summed E-state index contributed by atoms with van der Waals surface area (Å²) in [6.45, 7) is -0.261. The lowest BCUT2D eigenvalue weighted by atomic mass is 9.98. The molecule has 3 rings (SSSR count). The van der Waals surface area contributed by atoms with Gasteiger partial charge in [-0.15, -0.1) is 0 Å². The number of aliphatic hydroxyl groups is 1. The van der Waals surface area contributed by atoms with E-state index in [4.69, 9.17) is 9.84 Å². The molecular weight excluding hydrogens is 458 g/mol. The van der Waals surface area contributed by atoms with Crippen molar-refractivity contribution in [1.82, 2.24) is 9.36 Å². The average molecular weight is 472 g/mol. The molecule has 0 spiro atoms. The van der Waals surface area contributed by atoms with Gasteiger partial charge in [0.2, 0.25) is 5.78 Å². The second-order valence-corrected chi connectivity index (χ2v) is 7.38. The van der Waals surface area contributed by atoms with Gasteiger partial charge in [-0.25, -0.2) is 4.39 Å². The zero-order chi connectivity index (χ0) is 17.8. The largest absolute Gasteiger partial charge is 0.394 e. The number of pyridine rings is 1. The summed E-state index contributed by atoms with van der Waals surface area (Å²) in [4.78, 5) is 16.7. The standard InChI is InChI=1S/C17H14FIN2O3S/c18-14-6-11(19)2-1-10(14)5-12-13-7-21-25-16(13)8-20-17(12)15(23)9-24-4-3-22/h1-2,6-8,22H,3-5,9H2. The van der Waals surface area contributed by atoms with E-state index in [0.29, 0.717) is 11.1 Å². The lowest BCUT2D eigenvalue weighted by molar-refractivity contribution is 0.0659. The molecule has 8 heteroatoms. The molecule has 0 amide bonds. The van der Waals surface area contributed by atoms with Crippen molar-refractivity contribution >= 4 is 50.0 Å². The Hall–Kier alpha value is -1.49. The van der Waals surface area contributed by atoms with E-state index in [9.17, 15) is 9.18 Å². The lowest BCUT2D eigenvalue weighted by Gasteiger charge is -2.10. The maximum absolute atomic E-state index is 14.3. The summed E-state index contributed by atoms with van der Waals surface area (Å²) in [6, 6.07) is 5.00. The van der Waals surface area contributed by atoms with Crippen molar-refractivity contribution in [3.05, 3.63) is 56.8 Å². The van der Waals surface area contributed by atoms with Crippen LogP contribution in [0.15, 0.2) is 30.6 Å². The Morgan fingerprint density at radius 1 is 1.36 bits per heavy atom. The number of halogens is 2. The van der Waals surface area contributed by atoms with Gasteiger partial charge in [0, 0.05) is 27.8 Å². The van der Waals surface area contributed by atoms with Crippen LogP contribution in [0.1, 0.15) is 21.6 Å². The molecule has 1 N–H and O–H groups in total. The number of aliphatic hydroxyl groups excluding tert-OH is 1. The Bertz CT molecular complexity index is 916. The van der Waals surface area contributed by atoms with Crippen LogP contribution in [-0.2, 0) is 11.2 Å². The Kier molecular flexibility index (Phi) is 6.05. The van der Waals surface area contributed by atoms with Gasteiger partial charge in [0.05, 0.1) is 17.9 Å². The molecule has 1 aromatic carbocycles. The second kappa shape index (κ2) is 8.26. The van der Waals surface area contributed by atoms with E-state index in [1.807, 2.05) is 6.07 Å². The third kappa shape index (κ3) is 4.20. The molecule has 0 radical (unpaired) electrons. The first-order valence-electron chi connectivity index (χ1n) is 7.48. The molecule has 0 aliphatic heterocycles. The molecule has 130 valence electrons. The second-order valence-electron chi connectivity index (χ2n) is 5.30. The molecule has 2 aromatic heterocycles.